The van der Waals surface area contributed by atoms with E-state index in [0.717, 1.165) is 16.5 Å². The fourth-order valence-corrected chi connectivity index (χ4v) is 9.13. The summed E-state index contributed by atoms with van der Waals surface area (Å²) in [6.07, 6.45) is 3.96. The van der Waals surface area contributed by atoms with Crippen molar-refractivity contribution in [2.24, 2.45) is 23.7 Å². The average molecular weight is 923 g/mol. The maximum Gasteiger partial charge on any atom is 0.407 e. The van der Waals surface area contributed by atoms with E-state index in [9.17, 15) is 39.3 Å². The molecule has 17 heteroatoms. The summed E-state index contributed by atoms with van der Waals surface area (Å²) in [6.45, 7) is 12.0. The number of carbonyl (C=O) groups excluding carboxylic acids is 5. The van der Waals surface area contributed by atoms with Gasteiger partial charge in [-0.1, -0.05) is 64.1 Å². The monoisotopic (exact) mass is 922 g/mol. The van der Waals surface area contributed by atoms with Crippen molar-refractivity contribution in [1.82, 2.24) is 20.5 Å². The smallest absolute Gasteiger partial charge is 0.407 e. The van der Waals surface area contributed by atoms with Crippen molar-refractivity contribution in [3.05, 3.63) is 112 Å². The van der Waals surface area contributed by atoms with Crippen LogP contribution < -0.4 is 15.4 Å². The van der Waals surface area contributed by atoms with E-state index in [2.05, 4.69) is 15.6 Å². The Kier molecular flexibility index (Phi) is 14.4. The Morgan fingerprint density at radius 1 is 0.955 bits per heavy atom. The molecule has 356 valence electrons. The highest BCUT2D eigenvalue weighted by Gasteiger charge is 2.53. The van der Waals surface area contributed by atoms with Gasteiger partial charge in [-0.05, 0) is 37.6 Å². The van der Waals surface area contributed by atoms with Crippen LogP contribution in [0.3, 0.4) is 0 Å². The highest BCUT2D eigenvalue weighted by Crippen LogP contribution is 2.49. The van der Waals surface area contributed by atoms with E-state index in [-0.39, 0.29) is 72.3 Å². The number of Topliss-reactive ketones (excluding diaryl/α,β-unsaturated/α-hetero) is 3. The van der Waals surface area contributed by atoms with Crippen molar-refractivity contribution in [2.45, 2.75) is 85.2 Å². The van der Waals surface area contributed by atoms with Crippen LogP contribution in [0.25, 0.3) is 10.9 Å². The number of hydrogen-bond acceptors (Lipinski definition) is 15. The van der Waals surface area contributed by atoms with Gasteiger partial charge in [0.05, 0.1) is 60.0 Å². The first-order chi connectivity index (χ1) is 31.9. The molecule has 0 spiro atoms. The van der Waals surface area contributed by atoms with Crippen LogP contribution in [0, 0.1) is 30.6 Å². The summed E-state index contributed by atoms with van der Waals surface area (Å²) in [5.74, 6) is -8.93. The number of benzene rings is 2. The highest BCUT2D eigenvalue weighted by molar-refractivity contribution is 6.32. The second-order valence-electron chi connectivity index (χ2n) is 17.8. The lowest BCUT2D eigenvalue weighted by atomic mass is 9.78. The van der Waals surface area contributed by atoms with Gasteiger partial charge in [0.2, 0.25) is 11.6 Å². The van der Waals surface area contributed by atoms with Gasteiger partial charge in [0.1, 0.15) is 29.0 Å². The molecule has 0 saturated carbocycles. The Bertz CT molecular complexity index is 2600. The fraction of sp³-hybridized carbons (Fsp3) is 0.440. The minimum Gasteiger partial charge on any atom is -0.507 e. The summed E-state index contributed by atoms with van der Waals surface area (Å²) in [4.78, 5) is 77.4. The Labute approximate surface area is 388 Å². The number of rotatable bonds is 5. The van der Waals surface area contributed by atoms with E-state index in [1.165, 1.54) is 46.3 Å². The highest BCUT2D eigenvalue weighted by atomic mass is 16.7. The number of nitrogens with zero attached hydrogens (tertiary/aromatic N) is 2. The van der Waals surface area contributed by atoms with Crippen LogP contribution in [-0.4, -0.2) is 118 Å². The number of aromatic hydroxyl groups is 1. The molecule has 1 fully saturated rings. The van der Waals surface area contributed by atoms with Crippen molar-refractivity contribution in [3.63, 3.8) is 0 Å². The molecule has 1 aliphatic carbocycles. The molecule has 9 atom stereocenters. The summed E-state index contributed by atoms with van der Waals surface area (Å²) in [5, 5.41) is 41.3. The van der Waals surface area contributed by atoms with Gasteiger partial charge in [-0.25, -0.2) is 4.79 Å². The number of hydrogen-bond donors (Lipinski definition) is 5. The number of ketones is 3. The molecule has 0 radical (unpaired) electrons. The van der Waals surface area contributed by atoms with Crippen LogP contribution in [0.15, 0.2) is 84.1 Å². The van der Waals surface area contributed by atoms with Crippen LogP contribution >= 0.6 is 0 Å². The molecular formula is C50H58N4O13. The van der Waals surface area contributed by atoms with Gasteiger partial charge in [-0.3, -0.25) is 24.2 Å². The number of aliphatic hydroxyl groups is 2. The normalized spacial score (nSPS) is 30.2. The summed E-state index contributed by atoms with van der Waals surface area (Å²) in [7, 11) is 1.42. The van der Waals surface area contributed by atoms with Gasteiger partial charge >= 0.3 is 11.9 Å². The molecule has 5 aliphatic rings. The number of phenols is 1. The van der Waals surface area contributed by atoms with Crippen molar-refractivity contribution in [2.75, 3.05) is 33.4 Å². The summed E-state index contributed by atoms with van der Waals surface area (Å²) in [5.41, 5.74) is -0.0253. The number of aromatic nitrogens is 1. The van der Waals surface area contributed by atoms with Crippen molar-refractivity contribution >= 4 is 40.3 Å². The van der Waals surface area contributed by atoms with Gasteiger partial charge in [0.15, 0.2) is 0 Å². The lowest BCUT2D eigenvalue weighted by Crippen LogP contribution is -2.47. The van der Waals surface area contributed by atoms with Crippen LogP contribution in [0.5, 0.6) is 11.5 Å². The number of fused-ring (bicyclic) bond motifs is 15. The third-order valence-corrected chi connectivity index (χ3v) is 13.3. The number of carbonyl (C=O) groups is 5. The number of para-hydroxylation sites is 1. The topological polar surface area (TPSA) is 232 Å². The van der Waals surface area contributed by atoms with E-state index >= 15 is 0 Å². The van der Waals surface area contributed by atoms with Gasteiger partial charge in [-0.2, -0.15) is 0 Å². The lowest BCUT2D eigenvalue weighted by molar-refractivity contribution is -0.116. The second-order valence-corrected chi connectivity index (χ2v) is 17.8. The number of allylic oxidation sites excluding steroid dienone is 4. The zero-order valence-corrected chi connectivity index (χ0v) is 38.8. The van der Waals surface area contributed by atoms with Crippen LogP contribution in [-0.2, 0) is 30.3 Å². The standard InChI is InChI=1S/C50H58N4O13/c1-25-12-11-13-26(2)48(61)53-38-39(54-17-20-64-21-18-54)44(59)35-36(43(38)58)42(57)30(6)46-37(35)47(60)50(7,67-46)65-19-16-34(63-8)27(3)45(29(5)41(56)28(4)40(25)55)66-49(62)52-24-31-22-32-14-9-10-15-33(32)51-23-31/h9-16,19,22-23,25,27-29,34,40-41,45,55-57H,17-18,20-21,24H2,1-8H3,(H,52,62)(H,53,61)/b12-11+,19-16+,26-13-/t25-,27-,28-,29-,34+,40+,41+,45+,50+/m1/s1. The molecule has 67 heavy (non-hydrogen) atoms. The molecule has 0 unspecified atom stereocenters. The van der Waals surface area contributed by atoms with E-state index in [4.69, 9.17) is 23.7 Å². The zero-order valence-electron chi connectivity index (χ0n) is 38.8. The maximum absolute atomic E-state index is 14.8. The molecule has 4 aliphatic heterocycles. The zero-order chi connectivity index (χ0) is 48.5. The summed E-state index contributed by atoms with van der Waals surface area (Å²) in [6, 6.07) is 9.48. The van der Waals surface area contributed by atoms with Crippen LogP contribution in [0.4, 0.5) is 4.79 Å². The molecule has 17 nitrogen and oxygen atoms in total. The van der Waals surface area contributed by atoms with E-state index < -0.39 is 94.5 Å². The fourth-order valence-electron chi connectivity index (χ4n) is 9.13. The largest absolute Gasteiger partial charge is 0.507 e. The SMILES string of the molecule is CO[C@H]1/C=C/O[C@@]2(C)Oc3c(C)c(O)c4c(c3C2=O)C(=O)C(N2CCOCC2)=C(NC(=O)/C(C)=C\C=C\[C@@H](C)[C@H](O)[C@@H](C)[C@H](O)[C@@H](C)[C@@H](OC(=O)NCc2cnc3ccccc3c2)[C@@H]1C)C4=O. The number of ether oxygens (including phenoxy) is 5. The van der Waals surface area contributed by atoms with Gasteiger partial charge in [0.25, 0.3) is 11.7 Å². The molecule has 5 bridgehead atoms. The number of amides is 2. The predicted molar refractivity (Wildman–Crippen MR) is 244 cm³/mol. The molecule has 5 heterocycles. The molecular weight excluding hydrogens is 865 g/mol. The number of nitrogens with one attached hydrogen (secondary N) is 2. The van der Waals surface area contributed by atoms with Gasteiger partial charge in [0, 0.05) is 80.1 Å². The Morgan fingerprint density at radius 3 is 2.39 bits per heavy atom. The lowest BCUT2D eigenvalue weighted by Gasteiger charge is -2.38. The Hall–Kier alpha value is -6.40. The molecule has 5 N–H and O–H groups in total. The second kappa shape index (κ2) is 19.8. The van der Waals surface area contributed by atoms with Gasteiger partial charge in [-0.15, -0.1) is 0 Å². The Morgan fingerprint density at radius 2 is 1.67 bits per heavy atom. The average Bonchev–Trinajstić information content (AvgIpc) is 3.59. The number of morpholine rings is 1. The molecule has 8 rings (SSSR count). The first kappa shape index (κ1) is 48.5. The number of aliphatic hydroxyl groups excluding tert-OH is 2. The minimum atomic E-state index is -2.12. The first-order valence-corrected chi connectivity index (χ1v) is 22.4. The maximum atomic E-state index is 14.8. The van der Waals surface area contributed by atoms with E-state index in [0.29, 0.717) is 0 Å². The molecule has 1 aromatic heterocycles. The number of pyridine rings is 1. The van der Waals surface area contributed by atoms with E-state index in [1.807, 2.05) is 30.3 Å². The first-order valence-electron chi connectivity index (χ1n) is 22.4. The van der Waals surface area contributed by atoms with Crippen molar-refractivity contribution in [1.29, 1.82) is 0 Å². The number of phenolic OH excluding ortho intramolecular Hbond substituents is 1. The molecule has 2 amide bonds. The van der Waals surface area contributed by atoms with Crippen molar-refractivity contribution in [3.8, 4) is 11.5 Å². The molecule has 2 aromatic carbocycles. The van der Waals surface area contributed by atoms with Crippen LogP contribution in [0.2, 0.25) is 0 Å². The third-order valence-electron chi connectivity index (χ3n) is 13.3. The quantitative estimate of drug-likeness (QED) is 0.221. The van der Waals surface area contributed by atoms with Gasteiger partial charge < -0.3 is 54.5 Å². The molecule has 1 saturated heterocycles. The Balaban J connectivity index is 1.26. The third kappa shape index (κ3) is 9.46. The number of alkyl carbamates (subject to hydrolysis) is 1. The number of methoxy groups -OCH3 is 1. The predicted octanol–water partition coefficient (Wildman–Crippen LogP) is 5.20. The summed E-state index contributed by atoms with van der Waals surface area (Å²) < 4.78 is 29.7. The van der Waals surface area contributed by atoms with Crippen molar-refractivity contribution < 1.29 is 63.0 Å². The van der Waals surface area contributed by atoms with Crippen LogP contribution in [0.1, 0.15) is 83.7 Å². The van der Waals surface area contributed by atoms with E-state index in [1.54, 1.807) is 50.9 Å². The summed E-state index contributed by atoms with van der Waals surface area (Å²) >= 11 is 0. The minimum absolute atomic E-state index is 0.0107. The molecule has 3 aromatic rings.